The summed E-state index contributed by atoms with van der Waals surface area (Å²) in [7, 11) is 0. The van der Waals surface area contributed by atoms with Crippen LogP contribution in [-0.4, -0.2) is 66.4 Å². The maximum atomic E-state index is 10.7. The van der Waals surface area contributed by atoms with E-state index in [2.05, 4.69) is 9.80 Å². The van der Waals surface area contributed by atoms with Gasteiger partial charge in [0, 0.05) is 39.3 Å². The van der Waals surface area contributed by atoms with Crippen LogP contribution < -0.4 is 4.74 Å². The maximum Gasteiger partial charge on any atom is 0.119 e. The van der Waals surface area contributed by atoms with Crippen molar-refractivity contribution in [2.75, 3.05) is 45.9 Å². The Labute approximate surface area is 140 Å². The lowest BCUT2D eigenvalue weighted by atomic mass is 9.84. The lowest BCUT2D eigenvalue weighted by Gasteiger charge is -2.41. The highest BCUT2D eigenvalue weighted by Gasteiger charge is 2.32. The van der Waals surface area contributed by atoms with E-state index in [-0.39, 0.29) is 0 Å². The van der Waals surface area contributed by atoms with Crippen LogP contribution in [0.1, 0.15) is 32.1 Å². The summed E-state index contributed by atoms with van der Waals surface area (Å²) in [5.41, 5.74) is -0.420. The minimum absolute atomic E-state index is 0.420. The van der Waals surface area contributed by atoms with E-state index < -0.39 is 5.60 Å². The molecule has 1 aliphatic carbocycles. The van der Waals surface area contributed by atoms with Gasteiger partial charge in [-0.3, -0.25) is 9.80 Å². The third-order valence-electron chi connectivity index (χ3n) is 5.19. The topological polar surface area (TPSA) is 35.9 Å². The summed E-state index contributed by atoms with van der Waals surface area (Å²) in [5, 5.41) is 10.7. The molecule has 1 aromatic carbocycles. The van der Waals surface area contributed by atoms with E-state index in [0.717, 1.165) is 64.5 Å². The first-order chi connectivity index (χ1) is 11.2. The second-order valence-corrected chi connectivity index (χ2v) is 7.06. The van der Waals surface area contributed by atoms with Crippen LogP contribution in [0.25, 0.3) is 0 Å². The van der Waals surface area contributed by atoms with Gasteiger partial charge in [-0.15, -0.1) is 0 Å². The Morgan fingerprint density at radius 3 is 2.26 bits per heavy atom. The predicted molar refractivity (Wildman–Crippen MR) is 92.9 cm³/mol. The summed E-state index contributed by atoms with van der Waals surface area (Å²) in [5.74, 6) is 0.950. The molecule has 128 valence electrons. The van der Waals surface area contributed by atoms with Gasteiger partial charge in [0.1, 0.15) is 12.4 Å². The van der Waals surface area contributed by atoms with Crippen molar-refractivity contribution in [1.29, 1.82) is 0 Å². The third kappa shape index (κ3) is 5.20. The molecule has 0 radical (unpaired) electrons. The van der Waals surface area contributed by atoms with Crippen molar-refractivity contribution in [2.24, 2.45) is 0 Å². The Kier molecular flexibility index (Phi) is 5.92. The zero-order valence-corrected chi connectivity index (χ0v) is 14.1. The third-order valence-corrected chi connectivity index (χ3v) is 5.19. The molecular formula is C19H30N2O2. The van der Waals surface area contributed by atoms with Gasteiger partial charge in [0.25, 0.3) is 0 Å². The molecule has 1 saturated heterocycles. The normalized spacial score (nSPS) is 22.8. The number of β-amino-alcohol motifs (C(OH)–C–C–N with tert-alkyl or cyclic N) is 1. The van der Waals surface area contributed by atoms with Crippen molar-refractivity contribution in [3.63, 3.8) is 0 Å². The molecular weight excluding hydrogens is 288 g/mol. The van der Waals surface area contributed by atoms with Crippen LogP contribution in [0, 0.1) is 0 Å². The average Bonchev–Trinajstić information content (AvgIpc) is 2.58. The van der Waals surface area contributed by atoms with Gasteiger partial charge in [-0.05, 0) is 25.0 Å². The molecule has 1 aromatic rings. The first-order valence-corrected chi connectivity index (χ1v) is 9.09. The number of nitrogens with zero attached hydrogens (tertiary/aromatic N) is 2. The SMILES string of the molecule is OC1(CN2CCN(CCOc3ccccc3)CC2)CCCCC1. The van der Waals surface area contributed by atoms with Crippen LogP contribution in [-0.2, 0) is 0 Å². The molecule has 2 aliphatic rings. The van der Waals surface area contributed by atoms with Crippen LogP contribution in [0.5, 0.6) is 5.75 Å². The van der Waals surface area contributed by atoms with Crippen molar-refractivity contribution >= 4 is 0 Å². The van der Waals surface area contributed by atoms with Crippen LogP contribution >= 0.6 is 0 Å². The second-order valence-electron chi connectivity index (χ2n) is 7.06. The van der Waals surface area contributed by atoms with Gasteiger partial charge >= 0.3 is 0 Å². The van der Waals surface area contributed by atoms with Crippen LogP contribution in [0.4, 0.5) is 0 Å². The van der Waals surface area contributed by atoms with E-state index in [0.29, 0.717) is 0 Å². The van der Waals surface area contributed by atoms with Gasteiger partial charge in [0.2, 0.25) is 0 Å². The number of hydrogen-bond donors (Lipinski definition) is 1. The van der Waals surface area contributed by atoms with Gasteiger partial charge in [-0.2, -0.15) is 0 Å². The molecule has 0 aromatic heterocycles. The zero-order valence-electron chi connectivity index (χ0n) is 14.1. The van der Waals surface area contributed by atoms with Gasteiger partial charge in [0.15, 0.2) is 0 Å². The van der Waals surface area contributed by atoms with Crippen molar-refractivity contribution in [2.45, 2.75) is 37.7 Å². The Bertz CT molecular complexity index is 452. The molecule has 1 N–H and O–H groups in total. The molecule has 0 amide bonds. The van der Waals surface area contributed by atoms with Gasteiger partial charge < -0.3 is 9.84 Å². The monoisotopic (exact) mass is 318 g/mol. The predicted octanol–water partition coefficient (Wildman–Crippen LogP) is 2.38. The number of benzene rings is 1. The molecule has 3 rings (SSSR count). The number of piperazine rings is 1. The second kappa shape index (κ2) is 8.13. The van der Waals surface area contributed by atoms with Crippen LogP contribution in [0.15, 0.2) is 30.3 Å². The fraction of sp³-hybridized carbons (Fsp3) is 0.684. The minimum Gasteiger partial charge on any atom is -0.492 e. The Balaban J connectivity index is 1.34. The number of rotatable bonds is 6. The molecule has 0 atom stereocenters. The summed E-state index contributed by atoms with van der Waals surface area (Å²) in [6, 6.07) is 10.0. The van der Waals surface area contributed by atoms with E-state index in [1.165, 1.54) is 19.3 Å². The summed E-state index contributed by atoms with van der Waals surface area (Å²) >= 11 is 0. The van der Waals surface area contributed by atoms with Crippen molar-refractivity contribution in [3.05, 3.63) is 30.3 Å². The van der Waals surface area contributed by atoms with Crippen molar-refractivity contribution in [3.8, 4) is 5.75 Å². The molecule has 4 heteroatoms. The average molecular weight is 318 g/mol. The molecule has 1 aliphatic heterocycles. The summed E-state index contributed by atoms with van der Waals surface area (Å²) < 4.78 is 5.78. The fourth-order valence-corrected chi connectivity index (χ4v) is 3.76. The lowest BCUT2D eigenvalue weighted by molar-refractivity contribution is -0.0359. The van der Waals surface area contributed by atoms with Crippen molar-refractivity contribution in [1.82, 2.24) is 9.80 Å². The highest BCUT2D eigenvalue weighted by atomic mass is 16.5. The van der Waals surface area contributed by atoms with E-state index >= 15 is 0 Å². The smallest absolute Gasteiger partial charge is 0.119 e. The van der Waals surface area contributed by atoms with E-state index in [9.17, 15) is 5.11 Å². The molecule has 0 unspecified atom stereocenters. The van der Waals surface area contributed by atoms with E-state index in [1.807, 2.05) is 30.3 Å². The molecule has 23 heavy (non-hydrogen) atoms. The van der Waals surface area contributed by atoms with Crippen molar-refractivity contribution < 1.29 is 9.84 Å². The summed E-state index contributed by atoms with van der Waals surface area (Å²) in [6.45, 7) is 6.87. The quantitative estimate of drug-likeness (QED) is 0.873. The number of hydrogen-bond acceptors (Lipinski definition) is 4. The Morgan fingerprint density at radius 2 is 1.57 bits per heavy atom. The number of ether oxygens (including phenoxy) is 1. The Morgan fingerprint density at radius 1 is 0.913 bits per heavy atom. The van der Waals surface area contributed by atoms with Gasteiger partial charge in [-0.25, -0.2) is 0 Å². The van der Waals surface area contributed by atoms with Gasteiger partial charge in [0.05, 0.1) is 5.60 Å². The van der Waals surface area contributed by atoms with Crippen LogP contribution in [0.2, 0.25) is 0 Å². The summed E-state index contributed by atoms with van der Waals surface area (Å²) in [6.07, 6.45) is 5.63. The maximum absolute atomic E-state index is 10.7. The van der Waals surface area contributed by atoms with E-state index in [1.54, 1.807) is 0 Å². The molecule has 0 bridgehead atoms. The lowest BCUT2D eigenvalue weighted by Crippen LogP contribution is -2.52. The standard InChI is InChI=1S/C19H30N2O2/c22-19(9-5-2-6-10-19)17-21-13-11-20(12-14-21)15-16-23-18-7-3-1-4-8-18/h1,3-4,7-8,22H,2,5-6,9-17H2. The highest BCUT2D eigenvalue weighted by Crippen LogP contribution is 2.29. The molecule has 2 fully saturated rings. The fourth-order valence-electron chi connectivity index (χ4n) is 3.76. The van der Waals surface area contributed by atoms with Gasteiger partial charge in [-0.1, -0.05) is 37.5 Å². The first-order valence-electron chi connectivity index (χ1n) is 9.09. The molecule has 0 spiro atoms. The molecule has 1 heterocycles. The molecule has 4 nitrogen and oxygen atoms in total. The largest absolute Gasteiger partial charge is 0.492 e. The number of para-hydroxylation sites is 1. The molecule has 1 saturated carbocycles. The van der Waals surface area contributed by atoms with E-state index in [4.69, 9.17) is 4.74 Å². The zero-order chi connectivity index (χ0) is 16.0. The summed E-state index contributed by atoms with van der Waals surface area (Å²) in [4.78, 5) is 4.91. The van der Waals surface area contributed by atoms with Crippen LogP contribution in [0.3, 0.4) is 0 Å². The highest BCUT2D eigenvalue weighted by molar-refractivity contribution is 5.20. The first kappa shape index (κ1) is 16.7. The minimum atomic E-state index is -0.420. The number of aliphatic hydroxyl groups is 1. The Hall–Kier alpha value is -1.10.